The van der Waals surface area contributed by atoms with E-state index in [1.165, 1.54) is 0 Å². The molecule has 2 amide bonds. The molecule has 1 saturated carbocycles. The number of carbonyl (C=O) groups is 1. The Morgan fingerprint density at radius 1 is 1.15 bits per heavy atom. The van der Waals surface area contributed by atoms with Gasteiger partial charge in [-0.2, -0.15) is 0 Å². The van der Waals surface area contributed by atoms with E-state index in [9.17, 15) is 4.79 Å². The van der Waals surface area contributed by atoms with Gasteiger partial charge in [-0.25, -0.2) is 4.79 Å². The summed E-state index contributed by atoms with van der Waals surface area (Å²) in [5.41, 5.74) is 2.86. The van der Waals surface area contributed by atoms with Crippen molar-refractivity contribution in [2.75, 3.05) is 46.2 Å². The van der Waals surface area contributed by atoms with Crippen LogP contribution in [0.25, 0.3) is 11.1 Å². The molecule has 1 aliphatic carbocycles. The Morgan fingerprint density at radius 2 is 1.89 bits per heavy atom. The zero-order valence-electron chi connectivity index (χ0n) is 16.2. The molecule has 5 heteroatoms. The van der Waals surface area contributed by atoms with Gasteiger partial charge in [0.05, 0.1) is 7.11 Å². The van der Waals surface area contributed by atoms with Crippen LogP contribution in [0.4, 0.5) is 10.5 Å². The first-order valence-electron chi connectivity index (χ1n) is 9.51. The van der Waals surface area contributed by atoms with Crippen LogP contribution in [0.15, 0.2) is 48.5 Å². The standard InChI is InChI=1S/C22H27N3O2/c1-24(2)12-18-19-13-25(14-20(18)19)22(26)23-16-8-6-7-15(11-16)17-9-4-5-10-21(17)27-3/h4-11,18-20H,12-14H2,1-3H3,(H,23,26)/t18?,19-,20+. The zero-order chi connectivity index (χ0) is 19.0. The number of carbonyl (C=O) groups excluding carboxylic acids is 1. The summed E-state index contributed by atoms with van der Waals surface area (Å²) in [6.45, 7) is 2.88. The molecule has 1 heterocycles. The van der Waals surface area contributed by atoms with Crippen molar-refractivity contribution in [3.05, 3.63) is 48.5 Å². The van der Waals surface area contributed by atoms with Crippen LogP contribution in [-0.4, -0.2) is 56.7 Å². The van der Waals surface area contributed by atoms with Gasteiger partial charge in [0.1, 0.15) is 5.75 Å². The molecule has 0 radical (unpaired) electrons. The average molecular weight is 365 g/mol. The molecule has 1 saturated heterocycles. The van der Waals surface area contributed by atoms with Crippen LogP contribution in [0.2, 0.25) is 0 Å². The topological polar surface area (TPSA) is 44.8 Å². The Bertz CT molecular complexity index is 824. The van der Waals surface area contributed by atoms with Crippen molar-refractivity contribution >= 4 is 11.7 Å². The predicted octanol–water partition coefficient (Wildman–Crippen LogP) is 3.63. The average Bonchev–Trinajstić information content (AvgIpc) is 3.10. The molecule has 27 heavy (non-hydrogen) atoms. The van der Waals surface area contributed by atoms with Crippen molar-refractivity contribution in [3.8, 4) is 16.9 Å². The molecule has 2 aromatic rings. The summed E-state index contributed by atoms with van der Waals surface area (Å²) >= 11 is 0. The lowest BCUT2D eigenvalue weighted by atomic mass is 10.0. The third-order valence-corrected chi connectivity index (χ3v) is 5.77. The molecule has 4 rings (SSSR count). The van der Waals surface area contributed by atoms with Crippen molar-refractivity contribution in [1.82, 2.24) is 9.80 Å². The second-order valence-electron chi connectivity index (χ2n) is 7.87. The van der Waals surface area contributed by atoms with Crippen molar-refractivity contribution in [3.63, 3.8) is 0 Å². The summed E-state index contributed by atoms with van der Waals surface area (Å²) < 4.78 is 5.46. The highest BCUT2D eigenvalue weighted by Crippen LogP contribution is 2.51. The molecule has 2 aliphatic rings. The van der Waals surface area contributed by atoms with Crippen LogP contribution in [0.1, 0.15) is 0 Å². The van der Waals surface area contributed by atoms with E-state index in [0.717, 1.165) is 48.1 Å². The van der Waals surface area contributed by atoms with Crippen molar-refractivity contribution in [2.24, 2.45) is 17.8 Å². The number of methoxy groups -OCH3 is 1. The van der Waals surface area contributed by atoms with Crippen molar-refractivity contribution in [1.29, 1.82) is 0 Å². The molecule has 142 valence electrons. The third kappa shape index (κ3) is 3.65. The van der Waals surface area contributed by atoms with Gasteiger partial charge in [0.2, 0.25) is 0 Å². The molecule has 2 fully saturated rings. The normalized spacial score (nSPS) is 23.3. The maximum absolute atomic E-state index is 12.7. The summed E-state index contributed by atoms with van der Waals surface area (Å²) in [4.78, 5) is 16.9. The SMILES string of the molecule is COc1ccccc1-c1cccc(NC(=O)N2C[C@@H]3C(CN(C)C)[C@@H]3C2)c1. The first kappa shape index (κ1) is 17.9. The number of amides is 2. The molecular formula is C22H27N3O2. The molecule has 1 aliphatic heterocycles. The molecule has 1 unspecified atom stereocenters. The number of hydrogen-bond donors (Lipinski definition) is 1. The summed E-state index contributed by atoms with van der Waals surface area (Å²) in [7, 11) is 5.91. The minimum atomic E-state index is 0.00276. The van der Waals surface area contributed by atoms with E-state index in [2.05, 4.69) is 24.3 Å². The largest absolute Gasteiger partial charge is 0.496 e. The van der Waals surface area contributed by atoms with E-state index in [4.69, 9.17) is 4.74 Å². The van der Waals surface area contributed by atoms with E-state index < -0.39 is 0 Å². The summed E-state index contributed by atoms with van der Waals surface area (Å²) in [5.74, 6) is 2.95. The highest BCUT2D eigenvalue weighted by Gasteiger charge is 2.56. The minimum absolute atomic E-state index is 0.00276. The van der Waals surface area contributed by atoms with E-state index in [1.807, 2.05) is 53.4 Å². The van der Waals surface area contributed by atoms with Crippen LogP contribution in [0, 0.1) is 17.8 Å². The summed E-state index contributed by atoms with van der Waals surface area (Å²) in [6, 6.07) is 15.9. The van der Waals surface area contributed by atoms with Crippen molar-refractivity contribution in [2.45, 2.75) is 0 Å². The Labute approximate surface area is 160 Å². The lowest BCUT2D eigenvalue weighted by Crippen LogP contribution is -2.36. The highest BCUT2D eigenvalue weighted by atomic mass is 16.5. The molecular weight excluding hydrogens is 338 g/mol. The van der Waals surface area contributed by atoms with Crippen LogP contribution in [0.5, 0.6) is 5.75 Å². The molecule has 0 bridgehead atoms. The molecule has 2 aromatic carbocycles. The maximum atomic E-state index is 12.7. The van der Waals surface area contributed by atoms with Crippen LogP contribution in [0.3, 0.4) is 0 Å². The number of piperidine rings is 1. The summed E-state index contributed by atoms with van der Waals surface area (Å²) in [6.07, 6.45) is 0. The fourth-order valence-electron chi connectivity index (χ4n) is 4.36. The van der Waals surface area contributed by atoms with Gasteiger partial charge in [-0.05, 0) is 55.6 Å². The van der Waals surface area contributed by atoms with Gasteiger partial charge in [-0.15, -0.1) is 0 Å². The fraction of sp³-hybridized carbons (Fsp3) is 0.409. The van der Waals surface area contributed by atoms with Crippen LogP contribution >= 0.6 is 0 Å². The van der Waals surface area contributed by atoms with Gasteiger partial charge in [0.15, 0.2) is 0 Å². The van der Waals surface area contributed by atoms with Crippen molar-refractivity contribution < 1.29 is 9.53 Å². The molecule has 0 spiro atoms. The predicted molar refractivity (Wildman–Crippen MR) is 108 cm³/mol. The van der Waals surface area contributed by atoms with Gasteiger partial charge >= 0.3 is 6.03 Å². The number of anilines is 1. The van der Waals surface area contributed by atoms with E-state index >= 15 is 0 Å². The van der Waals surface area contributed by atoms with E-state index in [-0.39, 0.29) is 6.03 Å². The molecule has 3 atom stereocenters. The first-order chi connectivity index (χ1) is 13.1. The molecule has 1 N–H and O–H groups in total. The number of para-hydroxylation sites is 1. The van der Waals surface area contributed by atoms with Gasteiger partial charge in [0, 0.05) is 30.9 Å². The van der Waals surface area contributed by atoms with E-state index in [1.54, 1.807) is 7.11 Å². The van der Waals surface area contributed by atoms with Gasteiger partial charge < -0.3 is 19.9 Å². The summed E-state index contributed by atoms with van der Waals surface area (Å²) in [5, 5.41) is 3.06. The Kier molecular flexibility index (Phi) is 4.79. The monoisotopic (exact) mass is 365 g/mol. The number of likely N-dealkylation sites (tertiary alicyclic amines) is 1. The van der Waals surface area contributed by atoms with Gasteiger partial charge in [-0.1, -0.05) is 30.3 Å². The molecule has 5 nitrogen and oxygen atoms in total. The van der Waals surface area contributed by atoms with Gasteiger partial charge in [-0.3, -0.25) is 0 Å². The minimum Gasteiger partial charge on any atom is -0.496 e. The number of nitrogens with zero attached hydrogens (tertiary/aromatic N) is 2. The number of benzene rings is 2. The number of rotatable bonds is 5. The van der Waals surface area contributed by atoms with Gasteiger partial charge in [0.25, 0.3) is 0 Å². The van der Waals surface area contributed by atoms with Crippen LogP contribution < -0.4 is 10.1 Å². The second kappa shape index (κ2) is 7.24. The first-order valence-corrected chi connectivity index (χ1v) is 9.51. The smallest absolute Gasteiger partial charge is 0.321 e. The number of urea groups is 1. The zero-order valence-corrected chi connectivity index (χ0v) is 16.2. The maximum Gasteiger partial charge on any atom is 0.321 e. The van der Waals surface area contributed by atoms with E-state index in [0.29, 0.717) is 11.8 Å². The number of nitrogens with one attached hydrogen (secondary N) is 1. The Morgan fingerprint density at radius 3 is 2.59 bits per heavy atom. The lowest BCUT2D eigenvalue weighted by Gasteiger charge is -2.21. The number of fused-ring (bicyclic) bond motifs is 1. The lowest BCUT2D eigenvalue weighted by molar-refractivity contribution is 0.212. The highest BCUT2D eigenvalue weighted by molar-refractivity contribution is 5.90. The third-order valence-electron chi connectivity index (χ3n) is 5.77. The quantitative estimate of drug-likeness (QED) is 0.880. The molecule has 0 aromatic heterocycles. The second-order valence-corrected chi connectivity index (χ2v) is 7.87. The number of ether oxygens (including phenoxy) is 1. The fourth-order valence-corrected chi connectivity index (χ4v) is 4.36. The number of hydrogen-bond acceptors (Lipinski definition) is 3. The van der Waals surface area contributed by atoms with Crippen LogP contribution in [-0.2, 0) is 0 Å². The Balaban J connectivity index is 1.40. The Hall–Kier alpha value is -2.53.